The van der Waals surface area contributed by atoms with Gasteiger partial charge in [0.05, 0.1) is 13.2 Å². The molecule has 0 saturated carbocycles. The van der Waals surface area contributed by atoms with Gasteiger partial charge in [-0.15, -0.1) is 0 Å². The number of carbonyl (C=O) groups excluding carboxylic acids is 2. The van der Waals surface area contributed by atoms with Crippen LogP contribution in [0.15, 0.2) is 36.5 Å². The first-order chi connectivity index (χ1) is 30.3. The summed E-state index contributed by atoms with van der Waals surface area (Å²) in [5.74, 6) is -0.803. The number of phosphoric ester groups is 1. The smallest absolute Gasteiger partial charge is 0.462 e. The second-order valence-corrected chi connectivity index (χ2v) is 18.8. The lowest BCUT2D eigenvalue weighted by atomic mass is 10.0. The van der Waals surface area contributed by atoms with Gasteiger partial charge in [0.2, 0.25) is 0 Å². The third-order valence-electron chi connectivity index (χ3n) is 11.2. The number of rotatable bonds is 49. The topological polar surface area (TPSA) is 120 Å². The molecule has 0 aliphatic carbocycles. The molecular weight excluding hydrogens is 798 g/mol. The van der Waals surface area contributed by atoms with E-state index < -0.39 is 26.5 Å². The molecule has 0 aromatic carbocycles. The maximum Gasteiger partial charge on any atom is 0.472 e. The molecule has 2 atom stereocenters. The number of nitrogens with one attached hydrogen (secondary N) is 1. The summed E-state index contributed by atoms with van der Waals surface area (Å²) < 4.78 is 33.4. The molecule has 10 heteroatoms. The molecule has 0 spiro atoms. The lowest BCUT2D eigenvalue weighted by Crippen LogP contribution is -2.29. The van der Waals surface area contributed by atoms with E-state index in [-0.39, 0.29) is 32.0 Å². The standard InChI is InChI=1S/C52H98NO8P/c1-4-6-8-10-12-14-16-18-20-22-24-25-27-29-31-33-35-37-39-41-43-45-52(55)61-50(49-60-62(56,57)59-47-46-53-3)48-58-51(54)44-42-40-38-36-34-32-30-28-26-23-21-19-17-15-13-11-9-7-5-2/h13,15,18-21,50,53H,4-12,14,16-17,22-49H2,1-3H3,(H,56,57)/b15-13-,20-18-,21-19-. The summed E-state index contributed by atoms with van der Waals surface area (Å²) in [6.07, 6.45) is 54.7. The number of likely N-dealkylation sites (N-methyl/N-ethyl adjacent to an activating group) is 1. The maximum absolute atomic E-state index is 12.7. The second kappa shape index (κ2) is 48.7. The summed E-state index contributed by atoms with van der Waals surface area (Å²) in [5, 5.41) is 2.83. The Morgan fingerprint density at radius 1 is 0.500 bits per heavy atom. The maximum atomic E-state index is 12.7. The van der Waals surface area contributed by atoms with E-state index in [0.29, 0.717) is 13.0 Å². The first-order valence-electron chi connectivity index (χ1n) is 25.9. The fourth-order valence-electron chi connectivity index (χ4n) is 7.29. The third-order valence-corrected chi connectivity index (χ3v) is 12.2. The van der Waals surface area contributed by atoms with Gasteiger partial charge >= 0.3 is 19.8 Å². The van der Waals surface area contributed by atoms with Crippen LogP contribution < -0.4 is 5.32 Å². The molecule has 0 amide bonds. The Bertz CT molecular complexity index is 1110. The first kappa shape index (κ1) is 60.2. The van der Waals surface area contributed by atoms with E-state index in [4.69, 9.17) is 18.5 Å². The molecular formula is C52H98NO8P. The highest BCUT2D eigenvalue weighted by molar-refractivity contribution is 7.47. The number of esters is 2. The molecule has 0 aliphatic rings. The molecule has 0 bridgehead atoms. The lowest BCUT2D eigenvalue weighted by molar-refractivity contribution is -0.161. The summed E-state index contributed by atoms with van der Waals surface area (Å²) in [6, 6.07) is 0. The van der Waals surface area contributed by atoms with E-state index in [0.717, 1.165) is 38.5 Å². The van der Waals surface area contributed by atoms with E-state index in [2.05, 4.69) is 55.6 Å². The van der Waals surface area contributed by atoms with Crippen LogP contribution in [-0.4, -0.2) is 56.3 Å². The van der Waals surface area contributed by atoms with Gasteiger partial charge in [-0.3, -0.25) is 18.6 Å². The Hall–Kier alpha value is -1.77. The minimum absolute atomic E-state index is 0.0171. The van der Waals surface area contributed by atoms with Crippen LogP contribution in [0.3, 0.4) is 0 Å². The third kappa shape index (κ3) is 47.7. The number of hydrogen-bond acceptors (Lipinski definition) is 8. The van der Waals surface area contributed by atoms with Crippen LogP contribution in [0, 0.1) is 0 Å². The molecule has 2 N–H and O–H groups in total. The zero-order valence-corrected chi connectivity index (χ0v) is 41.5. The molecule has 0 aromatic heterocycles. The summed E-state index contributed by atoms with van der Waals surface area (Å²) in [6.45, 7) is 4.23. The van der Waals surface area contributed by atoms with E-state index >= 15 is 0 Å². The van der Waals surface area contributed by atoms with Crippen molar-refractivity contribution in [1.82, 2.24) is 5.32 Å². The molecule has 0 fully saturated rings. The van der Waals surface area contributed by atoms with Gasteiger partial charge in [0.1, 0.15) is 6.61 Å². The number of phosphoric acid groups is 1. The Labute approximate surface area is 382 Å². The van der Waals surface area contributed by atoms with Gasteiger partial charge in [0, 0.05) is 19.4 Å². The predicted octanol–water partition coefficient (Wildman–Crippen LogP) is 15.5. The molecule has 364 valence electrons. The van der Waals surface area contributed by atoms with Crippen molar-refractivity contribution in [2.45, 2.75) is 251 Å². The molecule has 62 heavy (non-hydrogen) atoms. The van der Waals surface area contributed by atoms with Crippen LogP contribution in [-0.2, 0) is 32.7 Å². The van der Waals surface area contributed by atoms with Crippen LogP contribution >= 0.6 is 7.82 Å². The summed E-state index contributed by atoms with van der Waals surface area (Å²) in [7, 11) is -2.65. The first-order valence-corrected chi connectivity index (χ1v) is 27.4. The zero-order valence-electron chi connectivity index (χ0n) is 40.6. The number of ether oxygens (including phenoxy) is 2. The van der Waals surface area contributed by atoms with E-state index in [1.807, 2.05) is 0 Å². The van der Waals surface area contributed by atoms with Gasteiger partial charge < -0.3 is 19.7 Å². The molecule has 2 unspecified atom stereocenters. The van der Waals surface area contributed by atoms with Crippen molar-refractivity contribution in [2.24, 2.45) is 0 Å². The predicted molar refractivity (Wildman–Crippen MR) is 261 cm³/mol. The largest absolute Gasteiger partial charge is 0.472 e. The van der Waals surface area contributed by atoms with Crippen molar-refractivity contribution in [2.75, 3.05) is 33.4 Å². The van der Waals surface area contributed by atoms with Crippen molar-refractivity contribution in [3.8, 4) is 0 Å². The summed E-state index contributed by atoms with van der Waals surface area (Å²) >= 11 is 0. The average molecular weight is 896 g/mol. The van der Waals surface area contributed by atoms with Crippen molar-refractivity contribution < 1.29 is 37.6 Å². The van der Waals surface area contributed by atoms with Gasteiger partial charge in [-0.2, -0.15) is 0 Å². The van der Waals surface area contributed by atoms with E-state index in [9.17, 15) is 19.0 Å². The van der Waals surface area contributed by atoms with Gasteiger partial charge in [-0.05, 0) is 77.7 Å². The molecule has 0 aromatic rings. The van der Waals surface area contributed by atoms with Crippen LogP contribution in [0.5, 0.6) is 0 Å². The average Bonchev–Trinajstić information content (AvgIpc) is 3.26. The van der Waals surface area contributed by atoms with Crippen molar-refractivity contribution in [3.63, 3.8) is 0 Å². The lowest BCUT2D eigenvalue weighted by Gasteiger charge is -2.20. The van der Waals surface area contributed by atoms with Crippen LogP contribution in [0.25, 0.3) is 0 Å². The molecule has 0 rings (SSSR count). The normalized spacial score (nSPS) is 13.4. The van der Waals surface area contributed by atoms with Crippen LogP contribution in [0.4, 0.5) is 0 Å². The molecule has 0 saturated heterocycles. The SMILES string of the molecule is CCCCC/C=C\C/C=C\CCCCCCCCCCCC(=O)OCC(COP(=O)(O)OCCNC)OC(=O)CCCCCCCCCCCCC/C=C\CCCCCCCC. The molecule has 0 radical (unpaired) electrons. The quantitative estimate of drug-likeness (QED) is 0.0266. The Morgan fingerprint density at radius 3 is 1.32 bits per heavy atom. The van der Waals surface area contributed by atoms with Gasteiger partial charge in [-0.25, -0.2) is 4.57 Å². The highest BCUT2D eigenvalue weighted by atomic mass is 31.2. The number of carbonyl (C=O) groups is 2. The van der Waals surface area contributed by atoms with E-state index in [1.54, 1.807) is 7.05 Å². The Kier molecular flexibility index (Phi) is 47.3. The molecule has 9 nitrogen and oxygen atoms in total. The fraction of sp³-hybridized carbons (Fsp3) is 0.846. The zero-order chi connectivity index (χ0) is 45.3. The number of allylic oxidation sites excluding steroid dienone is 6. The fourth-order valence-corrected chi connectivity index (χ4v) is 8.04. The number of hydrogen-bond donors (Lipinski definition) is 2. The number of unbranched alkanes of at least 4 members (excludes halogenated alkanes) is 29. The van der Waals surface area contributed by atoms with Crippen molar-refractivity contribution in [1.29, 1.82) is 0 Å². The van der Waals surface area contributed by atoms with Crippen molar-refractivity contribution in [3.05, 3.63) is 36.5 Å². The highest BCUT2D eigenvalue weighted by Gasteiger charge is 2.26. The summed E-state index contributed by atoms with van der Waals surface area (Å²) in [5.41, 5.74) is 0. The van der Waals surface area contributed by atoms with Gasteiger partial charge in [0.15, 0.2) is 6.10 Å². The van der Waals surface area contributed by atoms with Crippen LogP contribution in [0.1, 0.15) is 245 Å². The monoisotopic (exact) mass is 896 g/mol. The molecule has 0 aliphatic heterocycles. The highest BCUT2D eigenvalue weighted by Crippen LogP contribution is 2.43. The second-order valence-electron chi connectivity index (χ2n) is 17.3. The summed E-state index contributed by atoms with van der Waals surface area (Å²) in [4.78, 5) is 35.3. The minimum Gasteiger partial charge on any atom is -0.462 e. The minimum atomic E-state index is -4.36. The van der Waals surface area contributed by atoms with Crippen molar-refractivity contribution >= 4 is 19.8 Å². The Morgan fingerprint density at radius 2 is 0.871 bits per heavy atom. The van der Waals surface area contributed by atoms with Crippen LogP contribution in [0.2, 0.25) is 0 Å². The van der Waals surface area contributed by atoms with Gasteiger partial charge in [-0.1, -0.05) is 198 Å². The molecule has 0 heterocycles. The Balaban J connectivity index is 4.10. The van der Waals surface area contributed by atoms with E-state index in [1.165, 1.54) is 173 Å². The van der Waals surface area contributed by atoms with Gasteiger partial charge in [0.25, 0.3) is 0 Å².